The van der Waals surface area contributed by atoms with Gasteiger partial charge in [0.1, 0.15) is 5.78 Å². The molecule has 0 aliphatic carbocycles. The lowest BCUT2D eigenvalue weighted by atomic mass is 10.1. The zero-order chi connectivity index (χ0) is 11.4. The molecule has 1 N–H and O–H groups in total. The first-order valence-corrected chi connectivity index (χ1v) is 5.71. The van der Waals surface area contributed by atoms with Crippen molar-refractivity contribution in [3.8, 4) is 0 Å². The fourth-order valence-electron chi connectivity index (χ4n) is 0.987. The molecule has 0 unspecified atom stereocenters. The summed E-state index contributed by atoms with van der Waals surface area (Å²) in [7, 11) is 0. The number of Topliss-reactive ketones (excluding diaryl/α,β-unsaturated/α-hetero) is 1. The summed E-state index contributed by atoms with van der Waals surface area (Å²) in [4.78, 5) is 28.9. The zero-order valence-electron chi connectivity index (χ0n) is 9.03. The van der Waals surface area contributed by atoms with Crippen LogP contribution in [0.25, 0.3) is 0 Å². The predicted octanol–water partition coefficient (Wildman–Crippen LogP) is 1.57. The van der Waals surface area contributed by atoms with Crippen molar-refractivity contribution < 1.29 is 4.79 Å². The molecule has 1 rings (SSSR count). The van der Waals surface area contributed by atoms with Gasteiger partial charge in [-0.1, -0.05) is 25.6 Å². The molecule has 0 spiro atoms. The number of ketones is 1. The van der Waals surface area contributed by atoms with Crippen molar-refractivity contribution in [1.29, 1.82) is 0 Å². The standard InChI is InChI=1S/C10H14N2O2S/c1-6(2)8-4-9(14)12-10(11-8)15-5-7(3)13/h4,6H,5H2,1-3H3,(H,11,12,14). The zero-order valence-corrected chi connectivity index (χ0v) is 9.85. The molecule has 15 heavy (non-hydrogen) atoms. The fraction of sp³-hybridized carbons (Fsp3) is 0.500. The quantitative estimate of drug-likeness (QED) is 0.625. The summed E-state index contributed by atoms with van der Waals surface area (Å²) in [6, 6.07) is 1.49. The van der Waals surface area contributed by atoms with Gasteiger partial charge < -0.3 is 4.98 Å². The molecule has 0 bridgehead atoms. The van der Waals surface area contributed by atoms with E-state index in [0.29, 0.717) is 10.9 Å². The second-order valence-corrected chi connectivity index (χ2v) is 4.58. The van der Waals surface area contributed by atoms with Crippen LogP contribution in [0.5, 0.6) is 0 Å². The molecule has 0 aromatic carbocycles. The number of hydrogen-bond donors (Lipinski definition) is 1. The maximum absolute atomic E-state index is 11.3. The van der Waals surface area contributed by atoms with Crippen molar-refractivity contribution in [3.05, 3.63) is 22.1 Å². The van der Waals surface area contributed by atoms with E-state index in [4.69, 9.17) is 0 Å². The molecule has 0 aliphatic rings. The third kappa shape index (κ3) is 3.87. The number of aromatic nitrogens is 2. The molecular weight excluding hydrogens is 212 g/mol. The Bertz CT molecular complexity index is 412. The maximum Gasteiger partial charge on any atom is 0.251 e. The van der Waals surface area contributed by atoms with Crippen LogP contribution in [0.3, 0.4) is 0 Å². The highest BCUT2D eigenvalue weighted by Crippen LogP contribution is 2.15. The largest absolute Gasteiger partial charge is 0.301 e. The Morgan fingerprint density at radius 2 is 2.27 bits per heavy atom. The molecule has 0 saturated carbocycles. The Morgan fingerprint density at radius 1 is 1.60 bits per heavy atom. The Morgan fingerprint density at radius 3 is 2.80 bits per heavy atom. The molecule has 1 aromatic rings. The minimum Gasteiger partial charge on any atom is -0.301 e. The first kappa shape index (κ1) is 12.0. The molecule has 0 saturated heterocycles. The van der Waals surface area contributed by atoms with Gasteiger partial charge in [-0.3, -0.25) is 9.59 Å². The molecule has 82 valence electrons. The van der Waals surface area contributed by atoms with E-state index >= 15 is 0 Å². The number of thioether (sulfide) groups is 1. The number of rotatable bonds is 4. The minimum absolute atomic E-state index is 0.0672. The highest BCUT2D eigenvalue weighted by molar-refractivity contribution is 7.99. The lowest BCUT2D eigenvalue weighted by Gasteiger charge is -2.05. The molecule has 0 aliphatic heterocycles. The van der Waals surface area contributed by atoms with E-state index in [1.807, 2.05) is 13.8 Å². The van der Waals surface area contributed by atoms with Crippen LogP contribution >= 0.6 is 11.8 Å². The van der Waals surface area contributed by atoms with Crippen molar-refractivity contribution in [2.24, 2.45) is 0 Å². The van der Waals surface area contributed by atoms with Gasteiger partial charge in [0.2, 0.25) is 0 Å². The monoisotopic (exact) mass is 226 g/mol. The van der Waals surface area contributed by atoms with E-state index in [0.717, 1.165) is 5.69 Å². The van der Waals surface area contributed by atoms with Crippen molar-refractivity contribution in [3.63, 3.8) is 0 Å². The van der Waals surface area contributed by atoms with E-state index in [-0.39, 0.29) is 17.3 Å². The van der Waals surface area contributed by atoms with Crippen molar-refractivity contribution in [2.75, 3.05) is 5.75 Å². The second-order valence-electron chi connectivity index (χ2n) is 3.62. The molecule has 1 heterocycles. The third-order valence-corrected chi connectivity index (χ3v) is 2.76. The first-order valence-electron chi connectivity index (χ1n) is 4.72. The van der Waals surface area contributed by atoms with E-state index in [9.17, 15) is 9.59 Å². The molecule has 4 nitrogen and oxygen atoms in total. The lowest BCUT2D eigenvalue weighted by Crippen LogP contribution is -2.11. The average molecular weight is 226 g/mol. The first-order chi connectivity index (χ1) is 6.99. The number of aromatic amines is 1. The SMILES string of the molecule is CC(=O)CSc1nc(C(C)C)cc(=O)[nH]1. The predicted molar refractivity (Wildman–Crippen MR) is 60.4 cm³/mol. The summed E-state index contributed by atoms with van der Waals surface area (Å²) in [6.45, 7) is 5.46. The van der Waals surface area contributed by atoms with Crippen LogP contribution in [-0.4, -0.2) is 21.5 Å². The van der Waals surface area contributed by atoms with Crippen molar-refractivity contribution >= 4 is 17.5 Å². The summed E-state index contributed by atoms with van der Waals surface area (Å²) in [5.41, 5.74) is 0.588. The van der Waals surface area contributed by atoms with Gasteiger partial charge in [-0.25, -0.2) is 4.98 Å². The van der Waals surface area contributed by atoms with E-state index in [1.165, 1.54) is 24.8 Å². The van der Waals surface area contributed by atoms with Gasteiger partial charge in [-0.2, -0.15) is 0 Å². The van der Waals surface area contributed by atoms with E-state index in [2.05, 4.69) is 9.97 Å². The van der Waals surface area contributed by atoms with Gasteiger partial charge in [0.05, 0.1) is 11.4 Å². The van der Waals surface area contributed by atoms with Crippen LogP contribution in [0.15, 0.2) is 16.0 Å². The fourth-order valence-corrected chi connectivity index (χ4v) is 1.67. The summed E-state index contributed by atoms with van der Waals surface area (Å²) >= 11 is 1.26. The third-order valence-electron chi connectivity index (χ3n) is 1.74. The molecule has 0 atom stereocenters. The lowest BCUT2D eigenvalue weighted by molar-refractivity contribution is -0.114. The highest BCUT2D eigenvalue weighted by Gasteiger charge is 2.06. The van der Waals surface area contributed by atoms with Crippen molar-refractivity contribution in [2.45, 2.75) is 31.8 Å². The molecule has 0 radical (unpaired) electrons. The Labute approximate surface area is 92.5 Å². The number of hydrogen-bond acceptors (Lipinski definition) is 4. The maximum atomic E-state index is 11.3. The Kier molecular flexibility index (Phi) is 4.08. The smallest absolute Gasteiger partial charge is 0.251 e. The van der Waals surface area contributed by atoms with Gasteiger partial charge in [0, 0.05) is 6.07 Å². The number of nitrogens with one attached hydrogen (secondary N) is 1. The average Bonchev–Trinajstić information content (AvgIpc) is 2.13. The van der Waals surface area contributed by atoms with E-state index in [1.54, 1.807) is 0 Å². The van der Waals surface area contributed by atoms with Crippen LogP contribution in [-0.2, 0) is 4.79 Å². The van der Waals surface area contributed by atoms with Crippen LogP contribution in [0.1, 0.15) is 32.4 Å². The van der Waals surface area contributed by atoms with E-state index < -0.39 is 0 Å². The Hall–Kier alpha value is -1.10. The molecule has 1 aromatic heterocycles. The van der Waals surface area contributed by atoms with Gasteiger partial charge >= 0.3 is 0 Å². The summed E-state index contributed by atoms with van der Waals surface area (Å²) in [5.74, 6) is 0.617. The molecular formula is C10H14N2O2S. The molecule has 5 heteroatoms. The normalized spacial score (nSPS) is 10.7. The summed E-state index contributed by atoms with van der Waals surface area (Å²) in [6.07, 6.45) is 0. The minimum atomic E-state index is -0.167. The van der Waals surface area contributed by atoms with Crippen LogP contribution in [0, 0.1) is 0 Å². The number of H-pyrrole nitrogens is 1. The van der Waals surface area contributed by atoms with Crippen LogP contribution in [0.4, 0.5) is 0 Å². The van der Waals surface area contributed by atoms with Crippen LogP contribution in [0.2, 0.25) is 0 Å². The highest BCUT2D eigenvalue weighted by atomic mass is 32.2. The summed E-state index contributed by atoms with van der Waals surface area (Å²) in [5, 5.41) is 0.515. The van der Waals surface area contributed by atoms with Crippen molar-refractivity contribution in [1.82, 2.24) is 9.97 Å². The topological polar surface area (TPSA) is 62.8 Å². The second kappa shape index (κ2) is 5.11. The van der Waals surface area contributed by atoms with Gasteiger partial charge in [0.15, 0.2) is 5.16 Å². The van der Waals surface area contributed by atoms with Gasteiger partial charge in [-0.15, -0.1) is 0 Å². The number of carbonyl (C=O) groups excluding carboxylic acids is 1. The molecule has 0 amide bonds. The van der Waals surface area contributed by atoms with Gasteiger partial charge in [-0.05, 0) is 12.8 Å². The van der Waals surface area contributed by atoms with Gasteiger partial charge in [0.25, 0.3) is 5.56 Å². The summed E-state index contributed by atoms with van der Waals surface area (Å²) < 4.78 is 0. The number of nitrogens with zero attached hydrogens (tertiary/aromatic N) is 1. The number of carbonyl (C=O) groups is 1. The molecule has 0 fully saturated rings. The van der Waals surface area contributed by atoms with Crippen LogP contribution < -0.4 is 5.56 Å². The Balaban J connectivity index is 2.89.